The maximum atomic E-state index is 12.6. The number of nitrogens with one attached hydrogen (secondary N) is 1. The zero-order valence-corrected chi connectivity index (χ0v) is 11.5. The van der Waals surface area contributed by atoms with Crippen LogP contribution in [0, 0.1) is 0 Å². The predicted octanol–water partition coefficient (Wildman–Crippen LogP) is 3.04. The number of rotatable bonds is 7. The molecule has 2 atom stereocenters. The Morgan fingerprint density at radius 3 is 2.06 bits per heavy atom. The summed E-state index contributed by atoms with van der Waals surface area (Å²) >= 11 is 0. The van der Waals surface area contributed by atoms with E-state index in [0.29, 0.717) is 13.0 Å². The Morgan fingerprint density at radius 2 is 1.76 bits per heavy atom. The summed E-state index contributed by atoms with van der Waals surface area (Å²) in [4.78, 5) is 1.55. The number of hydrogen-bond donors (Lipinski definition) is 1. The second-order valence-corrected chi connectivity index (χ2v) is 4.76. The number of hydrogen-bond acceptors (Lipinski definition) is 2. The molecule has 0 aliphatic carbocycles. The molecule has 5 heteroatoms. The van der Waals surface area contributed by atoms with Crippen molar-refractivity contribution in [3.05, 3.63) is 0 Å². The number of likely N-dealkylation sites (N-methyl/N-ethyl adjacent to an activating group) is 1. The molecule has 2 nitrogen and oxygen atoms in total. The second-order valence-electron chi connectivity index (χ2n) is 4.76. The third kappa shape index (κ3) is 4.84. The van der Waals surface area contributed by atoms with Gasteiger partial charge in [-0.25, -0.2) is 0 Å². The molecule has 104 valence electrons. The standard InChI is InChI=1S/C12H25F3N2/c1-6-8-17(9-12(13,14)15)11(4,7-2)10(3)16-5/h10,16H,6-9H2,1-5H3. The fourth-order valence-electron chi connectivity index (χ4n) is 2.12. The molecule has 0 saturated heterocycles. The molecule has 0 aromatic heterocycles. The molecule has 0 aromatic rings. The summed E-state index contributed by atoms with van der Waals surface area (Å²) in [5, 5.41) is 3.07. The molecule has 0 fully saturated rings. The summed E-state index contributed by atoms with van der Waals surface area (Å²) < 4.78 is 37.8. The zero-order chi connectivity index (χ0) is 13.7. The molecule has 0 amide bonds. The molecule has 0 rings (SSSR count). The van der Waals surface area contributed by atoms with Gasteiger partial charge in [-0.05, 0) is 40.3 Å². The van der Waals surface area contributed by atoms with Crippen LogP contribution >= 0.6 is 0 Å². The minimum Gasteiger partial charge on any atom is -0.315 e. The maximum absolute atomic E-state index is 12.6. The van der Waals surface area contributed by atoms with Gasteiger partial charge in [-0.2, -0.15) is 13.2 Å². The lowest BCUT2D eigenvalue weighted by molar-refractivity contribution is -0.161. The Balaban J connectivity index is 4.97. The fraction of sp³-hybridized carbons (Fsp3) is 1.00. The molecular formula is C12H25F3N2. The van der Waals surface area contributed by atoms with Crippen molar-refractivity contribution in [2.45, 2.75) is 58.3 Å². The van der Waals surface area contributed by atoms with Crippen molar-refractivity contribution in [2.75, 3.05) is 20.1 Å². The number of halogens is 3. The highest BCUT2D eigenvalue weighted by molar-refractivity contribution is 4.94. The maximum Gasteiger partial charge on any atom is 0.401 e. The van der Waals surface area contributed by atoms with Gasteiger partial charge < -0.3 is 5.32 Å². The molecule has 0 heterocycles. The van der Waals surface area contributed by atoms with Crippen molar-refractivity contribution in [1.82, 2.24) is 10.2 Å². The van der Waals surface area contributed by atoms with E-state index in [1.165, 1.54) is 0 Å². The van der Waals surface area contributed by atoms with E-state index in [0.717, 1.165) is 6.42 Å². The first-order valence-electron chi connectivity index (χ1n) is 6.20. The normalized spacial score (nSPS) is 18.2. The molecule has 0 aliphatic heterocycles. The Hall–Kier alpha value is -0.290. The Kier molecular flexibility index (Phi) is 6.48. The summed E-state index contributed by atoms with van der Waals surface area (Å²) in [5.74, 6) is 0. The lowest BCUT2D eigenvalue weighted by Gasteiger charge is -2.45. The smallest absolute Gasteiger partial charge is 0.315 e. The zero-order valence-electron chi connectivity index (χ0n) is 11.5. The molecule has 2 unspecified atom stereocenters. The van der Waals surface area contributed by atoms with Crippen LogP contribution in [0.1, 0.15) is 40.5 Å². The first-order valence-corrected chi connectivity index (χ1v) is 6.20. The van der Waals surface area contributed by atoms with E-state index in [1.54, 1.807) is 11.9 Å². The molecule has 0 saturated carbocycles. The third-order valence-electron chi connectivity index (χ3n) is 3.67. The molecule has 0 aliphatic rings. The highest BCUT2D eigenvalue weighted by Gasteiger charge is 2.41. The topological polar surface area (TPSA) is 15.3 Å². The first-order chi connectivity index (χ1) is 7.71. The minimum atomic E-state index is -4.14. The summed E-state index contributed by atoms with van der Waals surface area (Å²) in [7, 11) is 1.79. The van der Waals surface area contributed by atoms with Gasteiger partial charge in [0.15, 0.2) is 0 Å². The average Bonchev–Trinajstić information content (AvgIpc) is 2.24. The van der Waals surface area contributed by atoms with Crippen LogP contribution in [0.2, 0.25) is 0 Å². The van der Waals surface area contributed by atoms with Gasteiger partial charge in [0.1, 0.15) is 0 Å². The fourth-order valence-corrected chi connectivity index (χ4v) is 2.12. The van der Waals surface area contributed by atoms with E-state index < -0.39 is 18.3 Å². The Bertz CT molecular complexity index is 218. The van der Waals surface area contributed by atoms with Crippen molar-refractivity contribution in [1.29, 1.82) is 0 Å². The molecule has 0 spiro atoms. The van der Waals surface area contributed by atoms with E-state index in [2.05, 4.69) is 5.32 Å². The van der Waals surface area contributed by atoms with Gasteiger partial charge in [-0.15, -0.1) is 0 Å². The highest BCUT2D eigenvalue weighted by Crippen LogP contribution is 2.28. The number of alkyl halides is 3. The van der Waals surface area contributed by atoms with Gasteiger partial charge in [0.2, 0.25) is 0 Å². The van der Waals surface area contributed by atoms with E-state index in [-0.39, 0.29) is 6.04 Å². The van der Waals surface area contributed by atoms with Crippen molar-refractivity contribution in [2.24, 2.45) is 0 Å². The average molecular weight is 254 g/mol. The second kappa shape index (κ2) is 6.59. The van der Waals surface area contributed by atoms with Gasteiger partial charge in [-0.1, -0.05) is 13.8 Å². The SMILES string of the molecule is CCCN(CC(F)(F)F)C(C)(CC)C(C)NC. The molecule has 0 aromatic carbocycles. The summed E-state index contributed by atoms with van der Waals surface area (Å²) in [5.41, 5.74) is -0.472. The van der Waals surface area contributed by atoms with Gasteiger partial charge in [-0.3, -0.25) is 4.90 Å². The lowest BCUT2D eigenvalue weighted by Crippen LogP contribution is -2.59. The highest BCUT2D eigenvalue weighted by atomic mass is 19.4. The van der Waals surface area contributed by atoms with E-state index in [1.807, 2.05) is 27.7 Å². The van der Waals surface area contributed by atoms with Gasteiger partial charge in [0.05, 0.1) is 6.54 Å². The van der Waals surface area contributed by atoms with Crippen LogP contribution in [-0.4, -0.2) is 42.8 Å². The van der Waals surface area contributed by atoms with Crippen LogP contribution in [-0.2, 0) is 0 Å². The lowest BCUT2D eigenvalue weighted by atomic mass is 9.88. The van der Waals surface area contributed by atoms with Crippen molar-refractivity contribution >= 4 is 0 Å². The van der Waals surface area contributed by atoms with Crippen molar-refractivity contribution < 1.29 is 13.2 Å². The molecular weight excluding hydrogens is 229 g/mol. The van der Waals surface area contributed by atoms with Crippen LogP contribution in [0.15, 0.2) is 0 Å². The van der Waals surface area contributed by atoms with Crippen molar-refractivity contribution in [3.8, 4) is 0 Å². The minimum absolute atomic E-state index is 0.0152. The van der Waals surface area contributed by atoms with E-state index in [4.69, 9.17) is 0 Å². The van der Waals surface area contributed by atoms with Crippen LogP contribution < -0.4 is 5.32 Å². The molecule has 17 heavy (non-hydrogen) atoms. The quantitative estimate of drug-likeness (QED) is 0.751. The summed E-state index contributed by atoms with van der Waals surface area (Å²) in [6.07, 6.45) is -2.73. The van der Waals surface area contributed by atoms with E-state index >= 15 is 0 Å². The molecule has 1 N–H and O–H groups in total. The summed E-state index contributed by atoms with van der Waals surface area (Å²) in [6, 6.07) is 0.0152. The molecule has 0 bridgehead atoms. The van der Waals surface area contributed by atoms with Gasteiger partial charge in [0.25, 0.3) is 0 Å². The Morgan fingerprint density at radius 1 is 1.24 bits per heavy atom. The summed E-state index contributed by atoms with van der Waals surface area (Å²) in [6.45, 7) is 7.31. The van der Waals surface area contributed by atoms with Crippen LogP contribution in [0.4, 0.5) is 13.2 Å². The van der Waals surface area contributed by atoms with Crippen LogP contribution in [0.5, 0.6) is 0 Å². The third-order valence-corrected chi connectivity index (χ3v) is 3.67. The van der Waals surface area contributed by atoms with Crippen molar-refractivity contribution in [3.63, 3.8) is 0 Å². The predicted molar refractivity (Wildman–Crippen MR) is 65.1 cm³/mol. The first kappa shape index (κ1) is 16.7. The van der Waals surface area contributed by atoms with Gasteiger partial charge in [0, 0.05) is 11.6 Å². The monoisotopic (exact) mass is 254 g/mol. The molecule has 0 radical (unpaired) electrons. The Labute approximate surface area is 103 Å². The largest absolute Gasteiger partial charge is 0.401 e. The van der Waals surface area contributed by atoms with Crippen LogP contribution in [0.25, 0.3) is 0 Å². The van der Waals surface area contributed by atoms with Gasteiger partial charge >= 0.3 is 6.18 Å². The van der Waals surface area contributed by atoms with E-state index in [9.17, 15) is 13.2 Å². The van der Waals surface area contributed by atoms with Crippen LogP contribution in [0.3, 0.4) is 0 Å². The number of nitrogens with zero attached hydrogens (tertiary/aromatic N) is 1.